The molecule has 148 valence electrons. The van der Waals surface area contributed by atoms with Crippen molar-refractivity contribution >= 4 is 21.8 Å². The van der Waals surface area contributed by atoms with E-state index in [0.29, 0.717) is 6.54 Å². The van der Waals surface area contributed by atoms with Gasteiger partial charge in [0.25, 0.3) is 0 Å². The molecular formula is C18H24FN3O4S. The number of sulfonamides is 1. The highest BCUT2D eigenvalue weighted by Crippen LogP contribution is 2.32. The number of amides is 2. The number of nitrogens with one attached hydrogen (secondary N) is 2. The second-order valence-electron chi connectivity index (χ2n) is 7.46. The summed E-state index contributed by atoms with van der Waals surface area (Å²) in [6.07, 6.45) is 4.16. The monoisotopic (exact) mass is 397 g/mol. The fraction of sp³-hybridized carbons (Fsp3) is 0.556. The predicted molar refractivity (Wildman–Crippen MR) is 97.8 cm³/mol. The first-order chi connectivity index (χ1) is 12.7. The molecule has 1 aliphatic heterocycles. The zero-order chi connectivity index (χ0) is 19.7. The molecule has 1 heterocycles. The number of benzene rings is 1. The summed E-state index contributed by atoms with van der Waals surface area (Å²) >= 11 is 0. The molecule has 0 aromatic heterocycles. The minimum absolute atomic E-state index is 0.0755. The SMILES string of the molecule is CS(=O)(=O)NC1CN(C(=O)Cc2ccccc2F)CC2(CCCC2)NC1=O. The number of halogens is 1. The van der Waals surface area contributed by atoms with Gasteiger partial charge in [-0.2, -0.15) is 0 Å². The van der Waals surface area contributed by atoms with E-state index in [4.69, 9.17) is 0 Å². The molecule has 1 aromatic rings. The molecule has 7 nitrogen and oxygen atoms in total. The Bertz CT molecular complexity index is 837. The lowest BCUT2D eigenvalue weighted by atomic mass is 9.97. The number of hydrogen-bond donors (Lipinski definition) is 2. The topological polar surface area (TPSA) is 95.6 Å². The second-order valence-corrected chi connectivity index (χ2v) is 9.24. The maximum Gasteiger partial charge on any atom is 0.240 e. The Kier molecular flexibility index (Phi) is 5.53. The first kappa shape index (κ1) is 19.8. The summed E-state index contributed by atoms with van der Waals surface area (Å²) < 4.78 is 39.5. The molecule has 2 amide bonds. The van der Waals surface area contributed by atoms with Crippen LogP contribution in [0.2, 0.25) is 0 Å². The van der Waals surface area contributed by atoms with Crippen molar-refractivity contribution in [1.82, 2.24) is 14.9 Å². The lowest BCUT2D eigenvalue weighted by Gasteiger charge is -2.33. The summed E-state index contributed by atoms with van der Waals surface area (Å²) in [7, 11) is -3.63. The van der Waals surface area contributed by atoms with Gasteiger partial charge in [-0.3, -0.25) is 9.59 Å². The summed E-state index contributed by atoms with van der Waals surface area (Å²) in [4.78, 5) is 27.0. The van der Waals surface area contributed by atoms with E-state index in [1.807, 2.05) is 0 Å². The summed E-state index contributed by atoms with van der Waals surface area (Å²) in [5.41, 5.74) is -0.269. The quantitative estimate of drug-likeness (QED) is 0.776. The Morgan fingerprint density at radius 1 is 1.33 bits per heavy atom. The van der Waals surface area contributed by atoms with Crippen molar-refractivity contribution in [1.29, 1.82) is 0 Å². The molecule has 2 aliphatic rings. The van der Waals surface area contributed by atoms with E-state index in [1.54, 1.807) is 18.2 Å². The van der Waals surface area contributed by atoms with Gasteiger partial charge in [0.1, 0.15) is 11.9 Å². The van der Waals surface area contributed by atoms with Crippen LogP contribution < -0.4 is 10.0 Å². The molecule has 1 unspecified atom stereocenters. The zero-order valence-electron chi connectivity index (χ0n) is 15.2. The molecule has 0 radical (unpaired) electrons. The first-order valence-corrected chi connectivity index (χ1v) is 10.9. The molecule has 0 bridgehead atoms. The molecule has 1 saturated carbocycles. The van der Waals surface area contributed by atoms with Gasteiger partial charge < -0.3 is 10.2 Å². The third kappa shape index (κ3) is 4.84. The van der Waals surface area contributed by atoms with Gasteiger partial charge in [-0.25, -0.2) is 17.5 Å². The molecule has 1 saturated heterocycles. The van der Waals surface area contributed by atoms with Crippen molar-refractivity contribution in [2.45, 2.75) is 43.7 Å². The van der Waals surface area contributed by atoms with Crippen LogP contribution in [0.4, 0.5) is 4.39 Å². The standard InChI is InChI=1S/C18H24FN3O4S/c1-27(25,26)21-15-11-22(12-18(20-17(15)24)8-4-5-9-18)16(23)10-13-6-2-3-7-14(13)19/h2-3,6-7,15,21H,4-5,8-12H2,1H3,(H,20,24). The fourth-order valence-corrected chi connectivity index (χ4v) is 4.61. The Balaban J connectivity index is 1.85. The third-order valence-corrected chi connectivity index (χ3v) is 5.88. The van der Waals surface area contributed by atoms with Gasteiger partial charge in [-0.1, -0.05) is 31.0 Å². The fourth-order valence-electron chi connectivity index (χ4n) is 3.91. The molecule has 9 heteroatoms. The molecule has 1 atom stereocenters. The Morgan fingerprint density at radius 2 is 2.00 bits per heavy atom. The van der Waals surface area contributed by atoms with Gasteiger partial charge in [-0.05, 0) is 24.5 Å². The maximum atomic E-state index is 13.9. The highest BCUT2D eigenvalue weighted by molar-refractivity contribution is 7.88. The van der Waals surface area contributed by atoms with Crippen LogP contribution in [0.5, 0.6) is 0 Å². The first-order valence-electron chi connectivity index (χ1n) is 8.98. The molecule has 3 rings (SSSR count). The van der Waals surface area contributed by atoms with E-state index in [2.05, 4.69) is 10.0 Å². The summed E-state index contributed by atoms with van der Waals surface area (Å²) in [5.74, 6) is -1.22. The van der Waals surface area contributed by atoms with Crippen LogP contribution in [-0.2, 0) is 26.0 Å². The molecule has 2 fully saturated rings. The van der Waals surface area contributed by atoms with Gasteiger partial charge in [0.2, 0.25) is 21.8 Å². The van der Waals surface area contributed by atoms with E-state index in [0.717, 1.165) is 31.9 Å². The minimum atomic E-state index is -3.63. The second kappa shape index (κ2) is 7.55. The highest BCUT2D eigenvalue weighted by atomic mass is 32.2. The number of nitrogens with zero attached hydrogens (tertiary/aromatic N) is 1. The average Bonchev–Trinajstić information content (AvgIpc) is 2.97. The Labute approximate surface area is 158 Å². The van der Waals surface area contributed by atoms with Gasteiger partial charge in [0.05, 0.1) is 18.2 Å². The summed E-state index contributed by atoms with van der Waals surface area (Å²) in [6.45, 7) is 0.224. The predicted octanol–water partition coefficient (Wildman–Crippen LogP) is 0.557. The largest absolute Gasteiger partial charge is 0.347 e. The zero-order valence-corrected chi connectivity index (χ0v) is 16.0. The van der Waals surface area contributed by atoms with Gasteiger partial charge in [0.15, 0.2) is 0 Å². The molecule has 2 N–H and O–H groups in total. The van der Waals surface area contributed by atoms with E-state index in [1.165, 1.54) is 11.0 Å². The van der Waals surface area contributed by atoms with E-state index < -0.39 is 33.3 Å². The van der Waals surface area contributed by atoms with Crippen LogP contribution in [0, 0.1) is 5.82 Å². The van der Waals surface area contributed by atoms with Crippen LogP contribution in [0.1, 0.15) is 31.2 Å². The minimum Gasteiger partial charge on any atom is -0.347 e. The van der Waals surface area contributed by atoms with Crippen molar-refractivity contribution in [2.75, 3.05) is 19.3 Å². The van der Waals surface area contributed by atoms with Crippen molar-refractivity contribution < 1.29 is 22.4 Å². The lowest BCUT2D eigenvalue weighted by Crippen LogP contribution is -2.54. The third-order valence-electron chi connectivity index (χ3n) is 5.17. The molecule has 1 aromatic carbocycles. The number of rotatable bonds is 4. The number of hydrogen-bond acceptors (Lipinski definition) is 4. The highest BCUT2D eigenvalue weighted by Gasteiger charge is 2.43. The van der Waals surface area contributed by atoms with Crippen molar-refractivity contribution in [3.8, 4) is 0 Å². The Morgan fingerprint density at radius 3 is 2.63 bits per heavy atom. The molecule has 27 heavy (non-hydrogen) atoms. The maximum absolute atomic E-state index is 13.9. The van der Waals surface area contributed by atoms with Crippen molar-refractivity contribution in [3.05, 3.63) is 35.6 Å². The van der Waals surface area contributed by atoms with E-state index in [-0.39, 0.29) is 24.4 Å². The van der Waals surface area contributed by atoms with E-state index >= 15 is 0 Å². The van der Waals surface area contributed by atoms with Crippen LogP contribution >= 0.6 is 0 Å². The normalized spacial score (nSPS) is 22.5. The van der Waals surface area contributed by atoms with Gasteiger partial charge in [-0.15, -0.1) is 0 Å². The molecule has 1 spiro atoms. The van der Waals surface area contributed by atoms with Crippen molar-refractivity contribution in [3.63, 3.8) is 0 Å². The van der Waals surface area contributed by atoms with Crippen LogP contribution in [0.25, 0.3) is 0 Å². The molecular weight excluding hydrogens is 373 g/mol. The van der Waals surface area contributed by atoms with Gasteiger partial charge >= 0.3 is 0 Å². The summed E-state index contributed by atoms with van der Waals surface area (Å²) in [6, 6.07) is 4.99. The van der Waals surface area contributed by atoms with Crippen LogP contribution in [0.3, 0.4) is 0 Å². The average molecular weight is 397 g/mol. The van der Waals surface area contributed by atoms with E-state index in [9.17, 15) is 22.4 Å². The Hall–Kier alpha value is -2.00. The lowest BCUT2D eigenvalue weighted by molar-refractivity contribution is -0.131. The van der Waals surface area contributed by atoms with Crippen LogP contribution in [-0.4, -0.2) is 56.1 Å². The smallest absolute Gasteiger partial charge is 0.240 e. The van der Waals surface area contributed by atoms with Gasteiger partial charge in [0, 0.05) is 13.1 Å². The molecule has 1 aliphatic carbocycles. The summed E-state index contributed by atoms with van der Waals surface area (Å²) in [5, 5.41) is 2.95. The number of carbonyl (C=O) groups is 2. The number of carbonyl (C=O) groups excluding carboxylic acids is 2. The van der Waals surface area contributed by atoms with Crippen molar-refractivity contribution in [2.24, 2.45) is 0 Å². The van der Waals surface area contributed by atoms with Crippen LogP contribution in [0.15, 0.2) is 24.3 Å².